The summed E-state index contributed by atoms with van der Waals surface area (Å²) in [5.74, 6) is -1.43. The van der Waals surface area contributed by atoms with Crippen molar-refractivity contribution in [1.82, 2.24) is 4.90 Å². The first-order valence-corrected chi connectivity index (χ1v) is 17.1. The molecule has 4 heterocycles. The second-order valence-corrected chi connectivity index (χ2v) is 14.1. The van der Waals surface area contributed by atoms with Crippen LogP contribution in [0.15, 0.2) is 97.1 Å². The van der Waals surface area contributed by atoms with Crippen LogP contribution in [0.5, 0.6) is 5.75 Å². The maximum atomic E-state index is 15.0. The van der Waals surface area contributed by atoms with Crippen molar-refractivity contribution < 1.29 is 24.2 Å². The number of likely N-dealkylation sites (tertiary alicyclic amines) is 1. The van der Waals surface area contributed by atoms with Gasteiger partial charge in [0.2, 0.25) is 11.8 Å². The van der Waals surface area contributed by atoms with E-state index in [2.05, 4.69) is 0 Å². The van der Waals surface area contributed by atoms with E-state index in [4.69, 9.17) is 4.74 Å². The third-order valence-corrected chi connectivity index (χ3v) is 11.6. The van der Waals surface area contributed by atoms with Crippen molar-refractivity contribution in [3.05, 3.63) is 114 Å². The Morgan fingerprint density at radius 3 is 2.38 bits per heavy atom. The van der Waals surface area contributed by atoms with E-state index < -0.39 is 28.7 Å². The van der Waals surface area contributed by atoms with Crippen LogP contribution in [0.3, 0.4) is 0 Å². The number of benzene rings is 3. The van der Waals surface area contributed by atoms with Crippen LogP contribution in [0, 0.1) is 25.7 Å². The maximum Gasteiger partial charge on any atom is 0.251 e. The highest BCUT2D eigenvalue weighted by atomic mass is 32.2. The number of rotatable bonds is 7. The summed E-state index contributed by atoms with van der Waals surface area (Å²) in [6, 6.07) is 21.1. The lowest BCUT2D eigenvalue weighted by Gasteiger charge is -2.39. The van der Waals surface area contributed by atoms with E-state index in [1.54, 1.807) is 14.7 Å². The van der Waals surface area contributed by atoms with Gasteiger partial charge in [-0.25, -0.2) is 0 Å². The number of aryl methyl sites for hydroxylation is 2. The molecule has 0 aromatic heterocycles. The van der Waals surface area contributed by atoms with Crippen LogP contribution < -0.4 is 14.5 Å². The van der Waals surface area contributed by atoms with Crippen molar-refractivity contribution in [3.63, 3.8) is 0 Å². The monoisotopic (exact) mass is 649 g/mol. The third kappa shape index (κ3) is 5.07. The largest absolute Gasteiger partial charge is 0.494 e. The van der Waals surface area contributed by atoms with Gasteiger partial charge in [0.1, 0.15) is 11.8 Å². The van der Waals surface area contributed by atoms with Crippen molar-refractivity contribution in [2.75, 3.05) is 36.1 Å². The van der Waals surface area contributed by atoms with Gasteiger partial charge < -0.3 is 24.5 Å². The topological polar surface area (TPSA) is 90.4 Å². The van der Waals surface area contributed by atoms with Crippen LogP contribution in [-0.2, 0) is 14.4 Å². The molecule has 9 heteroatoms. The van der Waals surface area contributed by atoms with Crippen molar-refractivity contribution >= 4 is 40.9 Å². The van der Waals surface area contributed by atoms with Crippen LogP contribution in [0.25, 0.3) is 0 Å². The van der Waals surface area contributed by atoms with E-state index in [0.717, 1.165) is 33.8 Å². The van der Waals surface area contributed by atoms with Crippen LogP contribution in [0.4, 0.5) is 11.4 Å². The van der Waals surface area contributed by atoms with Gasteiger partial charge in [-0.2, -0.15) is 0 Å². The van der Waals surface area contributed by atoms with E-state index in [1.807, 2.05) is 118 Å². The molecular formula is C38H39N3O5S. The summed E-state index contributed by atoms with van der Waals surface area (Å²) in [7, 11) is 0. The lowest BCUT2D eigenvalue weighted by atomic mass is 9.78. The van der Waals surface area contributed by atoms with Crippen LogP contribution in [0.1, 0.15) is 29.7 Å². The minimum atomic E-state index is -1.01. The summed E-state index contributed by atoms with van der Waals surface area (Å²) >= 11 is 1.54. The maximum absolute atomic E-state index is 15.0. The Hall–Kier alpha value is -4.34. The number of amides is 3. The molecule has 7 rings (SSSR count). The molecule has 6 atom stereocenters. The first-order chi connectivity index (χ1) is 22.8. The molecule has 0 saturated carbocycles. The molecule has 4 aliphatic rings. The molecule has 0 aliphatic carbocycles. The lowest BCUT2D eigenvalue weighted by molar-refractivity contribution is -0.141. The van der Waals surface area contributed by atoms with Gasteiger partial charge in [0.05, 0.1) is 35.8 Å². The summed E-state index contributed by atoms with van der Waals surface area (Å²) in [5, 5.41) is 10.6. The fourth-order valence-corrected chi connectivity index (χ4v) is 9.78. The molecule has 1 N–H and O–H groups in total. The molecule has 1 spiro atoms. The molecule has 3 aromatic carbocycles. The van der Waals surface area contributed by atoms with E-state index >= 15 is 9.59 Å². The van der Waals surface area contributed by atoms with Gasteiger partial charge in [0.15, 0.2) is 0 Å². The van der Waals surface area contributed by atoms with Gasteiger partial charge in [-0.1, -0.05) is 66.8 Å². The van der Waals surface area contributed by atoms with Crippen LogP contribution in [0.2, 0.25) is 0 Å². The van der Waals surface area contributed by atoms with E-state index in [9.17, 15) is 9.90 Å². The first kappa shape index (κ1) is 31.3. The Morgan fingerprint density at radius 1 is 0.915 bits per heavy atom. The number of carbonyl (C=O) groups is 3. The molecule has 8 nitrogen and oxygen atoms in total. The van der Waals surface area contributed by atoms with Gasteiger partial charge in [-0.3, -0.25) is 14.4 Å². The molecule has 3 amide bonds. The molecule has 2 saturated heterocycles. The standard InChI is InChI=1S/C38H39N3O5S/c1-4-46-28-17-15-27(16-18-28)39-20-8-12-31-32(35(39)43)33-36(44)41(30(23-42)26-10-6-5-7-11-26)34-37(45)40(21-9-19-38(33,34)47-31)29-22-24(2)13-14-25(29)3/h5-19,22,30-34,42H,4,20-21,23H2,1-3H3/t30-,31-,32+,33+,34?,38+/m1/s1. The molecule has 2 fully saturated rings. The molecule has 3 aromatic rings. The Kier molecular flexibility index (Phi) is 8.22. The molecule has 242 valence electrons. The second kappa shape index (κ2) is 12.4. The van der Waals surface area contributed by atoms with Crippen molar-refractivity contribution in [2.24, 2.45) is 11.8 Å². The van der Waals surface area contributed by atoms with E-state index in [0.29, 0.717) is 19.7 Å². The molecular weight excluding hydrogens is 611 g/mol. The minimum Gasteiger partial charge on any atom is -0.494 e. The summed E-state index contributed by atoms with van der Waals surface area (Å²) in [4.78, 5) is 49.8. The highest BCUT2D eigenvalue weighted by Gasteiger charge is 2.72. The summed E-state index contributed by atoms with van der Waals surface area (Å²) in [6.45, 7) is 6.79. The fraction of sp³-hybridized carbons (Fsp3) is 0.342. The molecule has 47 heavy (non-hydrogen) atoms. The highest BCUT2D eigenvalue weighted by Crippen LogP contribution is 2.62. The number of nitrogens with zero attached hydrogens (tertiary/aromatic N) is 3. The van der Waals surface area contributed by atoms with Crippen molar-refractivity contribution in [3.8, 4) is 5.75 Å². The lowest BCUT2D eigenvalue weighted by Crippen LogP contribution is -2.54. The van der Waals surface area contributed by atoms with Gasteiger partial charge in [0, 0.05) is 29.7 Å². The number of ether oxygens (including phenoxy) is 1. The van der Waals surface area contributed by atoms with Gasteiger partial charge in [-0.15, -0.1) is 11.8 Å². The smallest absolute Gasteiger partial charge is 0.251 e. The fourth-order valence-electron chi connectivity index (χ4n) is 7.79. The highest BCUT2D eigenvalue weighted by molar-refractivity contribution is 8.02. The molecule has 0 radical (unpaired) electrons. The van der Waals surface area contributed by atoms with Crippen LogP contribution in [-0.4, -0.2) is 70.1 Å². The Bertz CT molecular complexity index is 1760. The number of thioether (sulfide) groups is 1. The number of fused-ring (bicyclic) bond motifs is 2. The first-order valence-electron chi connectivity index (χ1n) is 16.2. The van der Waals surface area contributed by atoms with Crippen molar-refractivity contribution in [1.29, 1.82) is 0 Å². The predicted octanol–water partition coefficient (Wildman–Crippen LogP) is 5.24. The summed E-state index contributed by atoms with van der Waals surface area (Å²) in [5.41, 5.74) is 4.24. The quantitative estimate of drug-likeness (QED) is 0.353. The normalized spacial score (nSPS) is 27.3. The summed E-state index contributed by atoms with van der Waals surface area (Å²) < 4.78 is 4.61. The van der Waals surface area contributed by atoms with Gasteiger partial charge in [0.25, 0.3) is 5.91 Å². The number of anilines is 2. The number of aliphatic hydroxyl groups excluding tert-OH is 1. The van der Waals surface area contributed by atoms with Crippen molar-refractivity contribution in [2.45, 2.75) is 42.9 Å². The third-order valence-electron chi connectivity index (χ3n) is 9.90. The number of hydrogen-bond donors (Lipinski definition) is 1. The number of carbonyl (C=O) groups excluding carboxylic acids is 3. The minimum absolute atomic E-state index is 0.149. The van der Waals surface area contributed by atoms with Gasteiger partial charge in [-0.05, 0) is 67.8 Å². The zero-order valence-electron chi connectivity index (χ0n) is 26.8. The Labute approximate surface area is 279 Å². The predicted molar refractivity (Wildman–Crippen MR) is 185 cm³/mol. The molecule has 1 unspecified atom stereocenters. The molecule has 0 bridgehead atoms. The average molecular weight is 650 g/mol. The molecule has 4 aliphatic heterocycles. The number of aliphatic hydroxyl groups is 1. The Morgan fingerprint density at radius 2 is 1.66 bits per heavy atom. The van der Waals surface area contributed by atoms with Crippen LogP contribution >= 0.6 is 11.8 Å². The van der Waals surface area contributed by atoms with Gasteiger partial charge >= 0.3 is 0 Å². The zero-order valence-corrected chi connectivity index (χ0v) is 27.6. The average Bonchev–Trinajstić information content (AvgIpc) is 3.39. The van der Waals surface area contributed by atoms with E-state index in [-0.39, 0.29) is 29.6 Å². The zero-order chi connectivity index (χ0) is 32.9. The number of hydrogen-bond acceptors (Lipinski definition) is 6. The Balaban J connectivity index is 1.35. The van der Waals surface area contributed by atoms with E-state index in [1.165, 1.54) is 11.8 Å². The SMILES string of the molecule is CCOc1ccc(N2CC=C[C@H]3S[C@]45C=CCN(c6cc(C)ccc6C)C(=O)C4N([C@H](CO)c4ccccc4)C(=O)[C@@H]5[C@H]3C2=O)cc1. The summed E-state index contributed by atoms with van der Waals surface area (Å²) in [6.07, 6.45) is 8.03. The second-order valence-electron chi connectivity index (χ2n) is 12.6.